The Bertz CT molecular complexity index is 479. The molecule has 0 radical (unpaired) electrons. The predicted octanol–water partition coefficient (Wildman–Crippen LogP) is 5.10. The highest BCUT2D eigenvalue weighted by atomic mass is 15.3. The SMILES string of the molecule is Cc1nn(C(C)C)c(C)c1NC1CCCCC1C(C)(C)C. The van der Waals surface area contributed by atoms with Crippen LogP contribution >= 0.6 is 0 Å². The van der Waals surface area contributed by atoms with Crippen LogP contribution < -0.4 is 5.32 Å². The third-order valence-electron chi connectivity index (χ3n) is 5.02. The normalized spacial score (nSPS) is 23.6. The topological polar surface area (TPSA) is 29.9 Å². The molecule has 0 amide bonds. The molecule has 2 unspecified atom stereocenters. The third-order valence-corrected chi connectivity index (χ3v) is 5.02. The van der Waals surface area contributed by atoms with Crippen molar-refractivity contribution in [3.8, 4) is 0 Å². The van der Waals surface area contributed by atoms with Crippen molar-refractivity contribution in [1.82, 2.24) is 9.78 Å². The van der Waals surface area contributed by atoms with Gasteiger partial charge in [0.2, 0.25) is 0 Å². The lowest BCUT2D eigenvalue weighted by Crippen LogP contribution is -2.40. The van der Waals surface area contributed by atoms with E-state index in [-0.39, 0.29) is 0 Å². The Labute approximate surface area is 130 Å². The Hall–Kier alpha value is -0.990. The molecule has 0 aromatic carbocycles. The zero-order valence-corrected chi connectivity index (χ0v) is 15.0. The van der Waals surface area contributed by atoms with Crippen LogP contribution in [0.15, 0.2) is 0 Å². The van der Waals surface area contributed by atoms with E-state index in [0.717, 1.165) is 11.6 Å². The van der Waals surface area contributed by atoms with Crippen LogP contribution in [0.5, 0.6) is 0 Å². The number of hydrogen-bond donors (Lipinski definition) is 1. The lowest BCUT2D eigenvalue weighted by molar-refractivity contribution is 0.163. The number of aromatic nitrogens is 2. The highest BCUT2D eigenvalue weighted by molar-refractivity contribution is 5.53. The Morgan fingerprint density at radius 2 is 1.76 bits per heavy atom. The van der Waals surface area contributed by atoms with E-state index in [1.807, 2.05) is 0 Å². The number of nitrogens with one attached hydrogen (secondary N) is 1. The van der Waals surface area contributed by atoms with Crippen molar-refractivity contribution in [2.24, 2.45) is 11.3 Å². The highest BCUT2D eigenvalue weighted by Crippen LogP contribution is 2.40. The molecule has 0 saturated heterocycles. The van der Waals surface area contributed by atoms with Crippen molar-refractivity contribution in [1.29, 1.82) is 0 Å². The van der Waals surface area contributed by atoms with Gasteiger partial charge in [-0.1, -0.05) is 33.6 Å². The van der Waals surface area contributed by atoms with Crippen LogP contribution in [0.1, 0.15) is 77.7 Å². The van der Waals surface area contributed by atoms with Crippen LogP contribution in [0.25, 0.3) is 0 Å². The largest absolute Gasteiger partial charge is 0.379 e. The summed E-state index contributed by atoms with van der Waals surface area (Å²) in [6.07, 6.45) is 5.36. The van der Waals surface area contributed by atoms with Gasteiger partial charge in [0, 0.05) is 12.1 Å². The average molecular weight is 291 g/mol. The summed E-state index contributed by atoms with van der Waals surface area (Å²) in [5.74, 6) is 0.743. The van der Waals surface area contributed by atoms with Crippen LogP contribution in [-0.4, -0.2) is 15.8 Å². The molecule has 1 aliphatic rings. The molecule has 120 valence electrons. The van der Waals surface area contributed by atoms with E-state index < -0.39 is 0 Å². The maximum atomic E-state index is 4.72. The predicted molar refractivity (Wildman–Crippen MR) is 90.9 cm³/mol. The van der Waals surface area contributed by atoms with Gasteiger partial charge in [0.15, 0.2) is 0 Å². The van der Waals surface area contributed by atoms with Gasteiger partial charge in [0.25, 0.3) is 0 Å². The summed E-state index contributed by atoms with van der Waals surface area (Å²) < 4.78 is 2.15. The number of anilines is 1. The first-order chi connectivity index (χ1) is 9.71. The standard InChI is InChI=1S/C18H33N3/c1-12(2)21-14(4)17(13(3)20-21)19-16-11-9-8-10-15(16)18(5,6)7/h12,15-16,19H,8-11H2,1-7H3. The zero-order valence-electron chi connectivity index (χ0n) is 15.0. The summed E-state index contributed by atoms with van der Waals surface area (Å²) in [5, 5.41) is 8.58. The first-order valence-corrected chi connectivity index (χ1v) is 8.54. The molecule has 0 spiro atoms. The Kier molecular flexibility index (Phi) is 4.69. The summed E-state index contributed by atoms with van der Waals surface area (Å²) in [5.41, 5.74) is 4.05. The molecule has 1 fully saturated rings. The van der Waals surface area contributed by atoms with Crippen molar-refractivity contribution in [2.75, 3.05) is 5.32 Å². The fourth-order valence-corrected chi connectivity index (χ4v) is 3.90. The molecule has 0 aliphatic heterocycles. The van der Waals surface area contributed by atoms with E-state index in [1.165, 1.54) is 37.1 Å². The van der Waals surface area contributed by atoms with Gasteiger partial charge in [0.05, 0.1) is 17.1 Å². The van der Waals surface area contributed by atoms with Gasteiger partial charge in [-0.25, -0.2) is 0 Å². The molecule has 3 nitrogen and oxygen atoms in total. The van der Waals surface area contributed by atoms with E-state index in [0.29, 0.717) is 17.5 Å². The van der Waals surface area contributed by atoms with E-state index in [1.54, 1.807) is 0 Å². The molecule has 3 heteroatoms. The Morgan fingerprint density at radius 1 is 1.14 bits per heavy atom. The van der Waals surface area contributed by atoms with Crippen LogP contribution in [0, 0.1) is 25.2 Å². The number of rotatable bonds is 3. The van der Waals surface area contributed by atoms with Crippen molar-refractivity contribution in [3.05, 3.63) is 11.4 Å². The Balaban J connectivity index is 2.24. The van der Waals surface area contributed by atoms with Crippen LogP contribution in [-0.2, 0) is 0 Å². The smallest absolute Gasteiger partial charge is 0.0828 e. The molecular formula is C18H33N3. The summed E-state index contributed by atoms with van der Waals surface area (Å²) >= 11 is 0. The van der Waals surface area contributed by atoms with Gasteiger partial charge in [0.1, 0.15) is 0 Å². The van der Waals surface area contributed by atoms with E-state index in [2.05, 4.69) is 58.5 Å². The Morgan fingerprint density at radius 3 is 2.29 bits per heavy atom. The second kappa shape index (κ2) is 6.02. The number of hydrogen-bond acceptors (Lipinski definition) is 2. The molecule has 1 aromatic rings. The van der Waals surface area contributed by atoms with Gasteiger partial charge in [-0.3, -0.25) is 4.68 Å². The summed E-state index contributed by atoms with van der Waals surface area (Å²) in [6, 6.07) is 1.00. The number of nitrogens with zero attached hydrogens (tertiary/aromatic N) is 2. The average Bonchev–Trinajstić information content (AvgIpc) is 2.66. The number of aryl methyl sites for hydroxylation is 1. The van der Waals surface area contributed by atoms with Crippen molar-refractivity contribution in [2.45, 2.75) is 86.2 Å². The monoisotopic (exact) mass is 291 g/mol. The fourth-order valence-electron chi connectivity index (χ4n) is 3.90. The molecule has 2 atom stereocenters. The lowest BCUT2D eigenvalue weighted by Gasteiger charge is -2.41. The molecule has 1 N–H and O–H groups in total. The van der Waals surface area contributed by atoms with Crippen molar-refractivity contribution < 1.29 is 0 Å². The van der Waals surface area contributed by atoms with Crippen LogP contribution in [0.2, 0.25) is 0 Å². The second-order valence-corrected chi connectivity index (χ2v) is 8.09. The van der Waals surface area contributed by atoms with E-state index in [9.17, 15) is 0 Å². The van der Waals surface area contributed by atoms with Gasteiger partial charge >= 0.3 is 0 Å². The third kappa shape index (κ3) is 3.44. The first kappa shape index (κ1) is 16.4. The van der Waals surface area contributed by atoms with E-state index >= 15 is 0 Å². The highest BCUT2D eigenvalue weighted by Gasteiger charge is 2.34. The molecule has 1 aliphatic carbocycles. The minimum atomic E-state index is 0.369. The lowest BCUT2D eigenvalue weighted by atomic mass is 9.69. The van der Waals surface area contributed by atoms with Gasteiger partial charge < -0.3 is 5.32 Å². The quantitative estimate of drug-likeness (QED) is 0.840. The molecule has 21 heavy (non-hydrogen) atoms. The van der Waals surface area contributed by atoms with Gasteiger partial charge in [-0.05, 0) is 51.9 Å². The minimum Gasteiger partial charge on any atom is -0.379 e. The van der Waals surface area contributed by atoms with Crippen LogP contribution in [0.4, 0.5) is 5.69 Å². The molecule has 0 bridgehead atoms. The second-order valence-electron chi connectivity index (χ2n) is 8.09. The van der Waals surface area contributed by atoms with Crippen molar-refractivity contribution in [3.63, 3.8) is 0 Å². The zero-order chi connectivity index (χ0) is 15.8. The summed E-state index contributed by atoms with van der Waals surface area (Å²) in [6.45, 7) is 15.9. The molecule has 1 aromatic heterocycles. The van der Waals surface area contributed by atoms with Gasteiger partial charge in [-0.2, -0.15) is 5.10 Å². The fraction of sp³-hybridized carbons (Fsp3) is 0.833. The van der Waals surface area contributed by atoms with Gasteiger partial charge in [-0.15, -0.1) is 0 Å². The summed E-state index contributed by atoms with van der Waals surface area (Å²) in [4.78, 5) is 0. The molecule has 1 heterocycles. The minimum absolute atomic E-state index is 0.369. The van der Waals surface area contributed by atoms with E-state index in [4.69, 9.17) is 5.10 Å². The molecular weight excluding hydrogens is 258 g/mol. The summed E-state index contributed by atoms with van der Waals surface area (Å²) in [7, 11) is 0. The first-order valence-electron chi connectivity index (χ1n) is 8.54. The maximum absolute atomic E-state index is 4.72. The maximum Gasteiger partial charge on any atom is 0.0828 e. The van der Waals surface area contributed by atoms with Crippen LogP contribution in [0.3, 0.4) is 0 Å². The van der Waals surface area contributed by atoms with Crippen molar-refractivity contribution >= 4 is 5.69 Å². The molecule has 1 saturated carbocycles. The molecule has 2 rings (SSSR count).